The number of rotatable bonds is 5. The number of nitrogens with zero attached hydrogens (tertiary/aromatic N) is 2. The lowest BCUT2D eigenvalue weighted by molar-refractivity contribution is 0.0682. The van der Waals surface area contributed by atoms with E-state index in [2.05, 4.69) is 18.8 Å². The van der Waals surface area contributed by atoms with Crippen molar-refractivity contribution in [2.75, 3.05) is 7.05 Å². The molecule has 0 fully saturated rings. The molecule has 0 aliphatic rings. The van der Waals surface area contributed by atoms with Crippen LogP contribution in [0.3, 0.4) is 0 Å². The molecule has 22 heavy (non-hydrogen) atoms. The second-order valence-corrected chi connectivity index (χ2v) is 6.81. The van der Waals surface area contributed by atoms with Gasteiger partial charge in [-0.25, -0.2) is 4.98 Å². The van der Waals surface area contributed by atoms with Gasteiger partial charge in [-0.15, -0.1) is 11.3 Å². The zero-order valence-electron chi connectivity index (χ0n) is 12.9. The molecular weight excluding hydrogens is 318 g/mol. The number of thiazole rings is 1. The minimum atomic E-state index is -0.116. The van der Waals surface area contributed by atoms with E-state index in [-0.39, 0.29) is 17.9 Å². The molecule has 1 amide bonds. The molecule has 2 N–H and O–H groups in total. The summed E-state index contributed by atoms with van der Waals surface area (Å²) in [7, 11) is 1.79. The van der Waals surface area contributed by atoms with E-state index in [0.717, 1.165) is 10.6 Å². The highest BCUT2D eigenvalue weighted by atomic mass is 35.5. The molecule has 0 unspecified atom stereocenters. The predicted octanol–water partition coefficient (Wildman–Crippen LogP) is 3.72. The van der Waals surface area contributed by atoms with Crippen molar-refractivity contribution in [2.45, 2.75) is 26.4 Å². The van der Waals surface area contributed by atoms with Crippen LogP contribution in [0.5, 0.6) is 0 Å². The molecule has 4 nitrogen and oxygen atoms in total. The first-order valence-electron chi connectivity index (χ1n) is 7.11. The van der Waals surface area contributed by atoms with E-state index in [0.29, 0.717) is 17.3 Å². The lowest BCUT2D eigenvalue weighted by Crippen LogP contribution is -2.34. The summed E-state index contributed by atoms with van der Waals surface area (Å²) in [6.07, 6.45) is 0. The smallest absolute Gasteiger partial charge is 0.273 e. The van der Waals surface area contributed by atoms with E-state index < -0.39 is 0 Å². The average Bonchev–Trinajstić information content (AvgIpc) is 2.97. The Labute approximate surface area is 139 Å². The van der Waals surface area contributed by atoms with E-state index in [1.54, 1.807) is 17.3 Å². The molecule has 0 spiro atoms. The fourth-order valence-corrected chi connectivity index (χ4v) is 3.44. The second-order valence-electron chi connectivity index (χ2n) is 5.46. The van der Waals surface area contributed by atoms with Gasteiger partial charge in [-0.2, -0.15) is 0 Å². The summed E-state index contributed by atoms with van der Waals surface area (Å²) in [5.41, 5.74) is 6.95. The maximum atomic E-state index is 12.7. The monoisotopic (exact) mass is 337 g/mol. The van der Waals surface area contributed by atoms with Gasteiger partial charge in [0.1, 0.15) is 10.7 Å². The molecule has 2 rings (SSSR count). The number of carbonyl (C=O) groups is 1. The van der Waals surface area contributed by atoms with Gasteiger partial charge >= 0.3 is 0 Å². The Bertz CT molecular complexity index is 656. The van der Waals surface area contributed by atoms with Gasteiger partial charge in [0.15, 0.2) is 0 Å². The average molecular weight is 338 g/mol. The summed E-state index contributed by atoms with van der Waals surface area (Å²) in [6.45, 7) is 4.49. The minimum Gasteiger partial charge on any atom is -0.333 e. The highest BCUT2D eigenvalue weighted by Crippen LogP contribution is 2.33. The Kier molecular flexibility index (Phi) is 5.56. The van der Waals surface area contributed by atoms with Crippen LogP contribution < -0.4 is 5.73 Å². The quantitative estimate of drug-likeness (QED) is 0.904. The van der Waals surface area contributed by atoms with Crippen molar-refractivity contribution in [3.63, 3.8) is 0 Å². The van der Waals surface area contributed by atoms with Crippen LogP contribution in [0, 0.1) is 5.92 Å². The standard InChI is InChI=1S/C16H20ClN3OS/c1-10(2)15(11-6-4-5-7-12(11)17)20(3)16(21)13-9-22-14(8-18)19-13/h4-7,9-10,15H,8,18H2,1-3H3/t15-/m1/s1. The molecular formula is C16H20ClN3OS. The highest BCUT2D eigenvalue weighted by Gasteiger charge is 2.28. The molecule has 6 heteroatoms. The summed E-state index contributed by atoms with van der Waals surface area (Å²) in [5.74, 6) is 0.107. The second kappa shape index (κ2) is 7.22. The summed E-state index contributed by atoms with van der Waals surface area (Å²) in [5, 5.41) is 3.18. The zero-order valence-corrected chi connectivity index (χ0v) is 14.5. The Morgan fingerprint density at radius 2 is 2.09 bits per heavy atom. The van der Waals surface area contributed by atoms with Crippen LogP contribution in [0.25, 0.3) is 0 Å². The van der Waals surface area contributed by atoms with Crippen LogP contribution in [0.2, 0.25) is 5.02 Å². The van der Waals surface area contributed by atoms with Crippen LogP contribution in [0.15, 0.2) is 29.6 Å². The number of nitrogens with two attached hydrogens (primary N) is 1. The Morgan fingerprint density at radius 1 is 1.41 bits per heavy atom. The first-order chi connectivity index (χ1) is 10.5. The van der Waals surface area contributed by atoms with E-state index >= 15 is 0 Å². The number of halogens is 1. The molecule has 1 heterocycles. The molecule has 0 saturated heterocycles. The summed E-state index contributed by atoms with van der Waals surface area (Å²) >= 11 is 7.72. The van der Waals surface area contributed by atoms with Crippen LogP contribution in [-0.4, -0.2) is 22.8 Å². The van der Waals surface area contributed by atoms with Gasteiger partial charge in [0.25, 0.3) is 5.91 Å². The van der Waals surface area contributed by atoms with E-state index in [1.807, 2.05) is 24.3 Å². The molecule has 0 bridgehead atoms. The van der Waals surface area contributed by atoms with Crippen LogP contribution in [0.1, 0.15) is 40.9 Å². The van der Waals surface area contributed by atoms with Gasteiger partial charge in [0.2, 0.25) is 0 Å². The van der Waals surface area contributed by atoms with Gasteiger partial charge in [-0.05, 0) is 17.5 Å². The first kappa shape index (κ1) is 16.9. The fraction of sp³-hybridized carbons (Fsp3) is 0.375. The third-order valence-electron chi connectivity index (χ3n) is 3.54. The molecule has 1 atom stereocenters. The van der Waals surface area contributed by atoms with Crippen molar-refractivity contribution >= 4 is 28.8 Å². The van der Waals surface area contributed by atoms with Gasteiger partial charge in [-0.3, -0.25) is 4.79 Å². The molecule has 2 aromatic rings. The lowest BCUT2D eigenvalue weighted by atomic mass is 9.94. The third kappa shape index (κ3) is 3.48. The highest BCUT2D eigenvalue weighted by molar-refractivity contribution is 7.09. The number of carbonyl (C=O) groups excluding carboxylic acids is 1. The van der Waals surface area contributed by atoms with Crippen LogP contribution in [-0.2, 0) is 6.54 Å². The normalized spacial score (nSPS) is 12.5. The third-order valence-corrected chi connectivity index (χ3v) is 4.75. The van der Waals surface area contributed by atoms with E-state index in [4.69, 9.17) is 17.3 Å². The predicted molar refractivity (Wildman–Crippen MR) is 91.1 cm³/mol. The van der Waals surface area contributed by atoms with Crippen LogP contribution in [0.4, 0.5) is 0 Å². The van der Waals surface area contributed by atoms with Crippen molar-refractivity contribution in [3.8, 4) is 0 Å². The summed E-state index contributed by atoms with van der Waals surface area (Å²) in [4.78, 5) is 18.7. The van der Waals surface area contributed by atoms with Crippen molar-refractivity contribution in [3.05, 3.63) is 50.9 Å². The number of hydrogen-bond donors (Lipinski definition) is 1. The molecule has 0 saturated carbocycles. The van der Waals surface area contributed by atoms with Crippen molar-refractivity contribution in [1.82, 2.24) is 9.88 Å². The lowest BCUT2D eigenvalue weighted by Gasteiger charge is -2.32. The Balaban J connectivity index is 2.32. The molecule has 1 aromatic carbocycles. The molecule has 1 aromatic heterocycles. The summed E-state index contributed by atoms with van der Waals surface area (Å²) in [6, 6.07) is 7.52. The van der Waals surface area contributed by atoms with Crippen molar-refractivity contribution in [1.29, 1.82) is 0 Å². The SMILES string of the molecule is CC(C)[C@H](c1ccccc1Cl)N(C)C(=O)c1csc(CN)n1. The molecule has 0 radical (unpaired) electrons. The van der Waals surface area contributed by atoms with E-state index in [1.165, 1.54) is 11.3 Å². The Hall–Kier alpha value is -1.43. The first-order valence-corrected chi connectivity index (χ1v) is 8.37. The number of aromatic nitrogens is 1. The molecule has 118 valence electrons. The Morgan fingerprint density at radius 3 is 2.64 bits per heavy atom. The van der Waals surface area contributed by atoms with Crippen molar-refractivity contribution in [2.24, 2.45) is 11.7 Å². The zero-order chi connectivity index (χ0) is 16.3. The largest absolute Gasteiger partial charge is 0.333 e. The maximum Gasteiger partial charge on any atom is 0.273 e. The molecule has 0 aliphatic carbocycles. The fourth-order valence-electron chi connectivity index (χ4n) is 2.54. The number of hydrogen-bond acceptors (Lipinski definition) is 4. The van der Waals surface area contributed by atoms with Crippen LogP contribution >= 0.6 is 22.9 Å². The van der Waals surface area contributed by atoms with Gasteiger partial charge in [0.05, 0.1) is 6.04 Å². The number of amides is 1. The summed E-state index contributed by atoms with van der Waals surface area (Å²) < 4.78 is 0. The maximum absolute atomic E-state index is 12.7. The van der Waals surface area contributed by atoms with Crippen molar-refractivity contribution < 1.29 is 4.79 Å². The van der Waals surface area contributed by atoms with Gasteiger partial charge in [0, 0.05) is 24.0 Å². The van der Waals surface area contributed by atoms with E-state index in [9.17, 15) is 4.79 Å². The number of benzene rings is 1. The molecule has 0 aliphatic heterocycles. The van der Waals surface area contributed by atoms with Gasteiger partial charge < -0.3 is 10.6 Å². The van der Waals surface area contributed by atoms with Gasteiger partial charge in [-0.1, -0.05) is 43.6 Å². The minimum absolute atomic E-state index is 0.107. The topological polar surface area (TPSA) is 59.2 Å².